The molecule has 0 spiro atoms. The van der Waals surface area contributed by atoms with E-state index in [2.05, 4.69) is 15.4 Å². The summed E-state index contributed by atoms with van der Waals surface area (Å²) >= 11 is 0. The number of aliphatic hydroxyl groups excluding tert-OH is 1. The van der Waals surface area contributed by atoms with Crippen LogP contribution in [0.4, 0.5) is 10.6 Å². The molecule has 4 heterocycles. The second-order valence-electron chi connectivity index (χ2n) is 12.3. The van der Waals surface area contributed by atoms with E-state index in [1.54, 1.807) is 13.8 Å². The van der Waals surface area contributed by atoms with Crippen LogP contribution in [-0.2, 0) is 40.7 Å². The fourth-order valence-corrected chi connectivity index (χ4v) is 5.87. The van der Waals surface area contributed by atoms with Crippen LogP contribution in [0.25, 0.3) is 5.52 Å². The monoisotopic (exact) mass is 670 g/mol. The maximum atomic E-state index is 12.9. The van der Waals surface area contributed by atoms with Gasteiger partial charge in [0.1, 0.15) is 42.8 Å². The van der Waals surface area contributed by atoms with Gasteiger partial charge in [0.15, 0.2) is 30.0 Å². The molecule has 1 aliphatic heterocycles. The van der Waals surface area contributed by atoms with E-state index in [0.717, 1.165) is 38.4 Å². The Morgan fingerprint density at radius 1 is 1.21 bits per heavy atom. The van der Waals surface area contributed by atoms with Crippen molar-refractivity contribution in [3.63, 3.8) is 0 Å². The first-order valence-electron chi connectivity index (χ1n) is 15.7. The van der Waals surface area contributed by atoms with Crippen molar-refractivity contribution in [2.75, 3.05) is 11.9 Å². The number of fused-ring (bicyclic) bond motifs is 1. The molecule has 2 fully saturated rings. The highest BCUT2D eigenvalue weighted by atomic mass is 16.6. The van der Waals surface area contributed by atoms with Gasteiger partial charge in [-0.2, -0.15) is 10.4 Å². The Morgan fingerprint density at radius 3 is 2.62 bits per heavy atom. The zero-order chi connectivity index (χ0) is 34.6. The van der Waals surface area contributed by atoms with Crippen LogP contribution in [0, 0.1) is 30.1 Å². The number of nitrogens with two attached hydrogens (primary N) is 1. The SMILES string of the molecule is Cc1oc(=O)oc1COC(=O)Nc1ncnn2c([C@]3(C#N)O[C@H](COC(=O)CC4CCCCC4)[C@@H](OC(=O)[C@@H](N)C(C)C)[C@H]3O)ccc12. The number of carbonyl (C=O) groups is 3. The molecule has 5 atom stereocenters. The lowest BCUT2D eigenvalue weighted by Gasteiger charge is -2.25. The zero-order valence-electron chi connectivity index (χ0n) is 26.7. The minimum Gasteiger partial charge on any atom is -0.463 e. The predicted octanol–water partition coefficient (Wildman–Crippen LogP) is 2.22. The van der Waals surface area contributed by atoms with Gasteiger partial charge < -0.3 is 38.6 Å². The summed E-state index contributed by atoms with van der Waals surface area (Å²) in [5.74, 6) is -2.18. The molecule has 2 aliphatic rings. The van der Waals surface area contributed by atoms with E-state index in [1.165, 1.54) is 23.6 Å². The standard InChI is InChI=1S/C31H38N6O11/c1-16(2)24(33)28(40)47-25-21(13-43-23(38)11-18-7-5-4-6-8-18)48-31(14-32,26(25)39)22-10-9-19-27(34-15-35-37(19)22)36-29(41)44-12-20-17(3)45-30(42)46-20/h9-10,15-16,18,21,24-26,39H,4-8,11-13,33H2,1-3H3,(H,34,35,36,41)/t21-,24+,25-,26-,31+/m1/s1. The van der Waals surface area contributed by atoms with Gasteiger partial charge in [-0.15, -0.1) is 0 Å². The van der Waals surface area contributed by atoms with E-state index >= 15 is 0 Å². The van der Waals surface area contributed by atoms with Crippen molar-refractivity contribution in [1.29, 1.82) is 5.26 Å². The van der Waals surface area contributed by atoms with E-state index in [1.807, 2.05) is 6.07 Å². The maximum Gasteiger partial charge on any atom is 0.519 e. The number of nitrogens with one attached hydrogen (secondary N) is 1. The maximum absolute atomic E-state index is 12.9. The smallest absolute Gasteiger partial charge is 0.463 e. The predicted molar refractivity (Wildman–Crippen MR) is 162 cm³/mol. The molecule has 0 aromatic carbocycles. The van der Waals surface area contributed by atoms with Gasteiger partial charge in [-0.1, -0.05) is 33.1 Å². The molecule has 0 radical (unpaired) electrons. The molecular weight excluding hydrogens is 632 g/mol. The highest BCUT2D eigenvalue weighted by Crippen LogP contribution is 2.42. The number of hydrogen-bond donors (Lipinski definition) is 3. The van der Waals surface area contributed by atoms with Crippen molar-refractivity contribution < 1.29 is 47.3 Å². The van der Waals surface area contributed by atoms with Crippen molar-refractivity contribution in [2.45, 2.75) is 95.9 Å². The van der Waals surface area contributed by atoms with E-state index in [0.29, 0.717) is 0 Å². The van der Waals surface area contributed by atoms with Gasteiger partial charge in [0.05, 0.1) is 5.69 Å². The lowest BCUT2D eigenvalue weighted by atomic mass is 9.87. The van der Waals surface area contributed by atoms with Crippen LogP contribution < -0.4 is 16.9 Å². The van der Waals surface area contributed by atoms with Crippen molar-refractivity contribution in [1.82, 2.24) is 14.6 Å². The summed E-state index contributed by atoms with van der Waals surface area (Å²) in [6.07, 6.45) is 0.954. The molecule has 0 unspecified atom stereocenters. The van der Waals surface area contributed by atoms with E-state index in [9.17, 15) is 29.5 Å². The van der Waals surface area contributed by atoms with E-state index in [-0.39, 0.29) is 46.8 Å². The second kappa shape index (κ2) is 14.5. The summed E-state index contributed by atoms with van der Waals surface area (Å²) in [4.78, 5) is 53.6. The van der Waals surface area contributed by atoms with Crippen LogP contribution in [0.15, 0.2) is 32.1 Å². The lowest BCUT2D eigenvalue weighted by Crippen LogP contribution is -2.46. The summed E-state index contributed by atoms with van der Waals surface area (Å²) in [6, 6.07) is 3.85. The normalized spacial score (nSPS) is 23.5. The number of ether oxygens (including phenoxy) is 4. The van der Waals surface area contributed by atoms with Gasteiger partial charge in [0, 0.05) is 6.42 Å². The number of amides is 1. The number of anilines is 1. The zero-order valence-corrected chi connectivity index (χ0v) is 26.7. The van der Waals surface area contributed by atoms with Gasteiger partial charge in [0.25, 0.3) is 0 Å². The third-order valence-electron chi connectivity index (χ3n) is 8.65. The molecule has 3 aromatic rings. The number of carbonyl (C=O) groups excluding carboxylic acids is 3. The lowest BCUT2D eigenvalue weighted by molar-refractivity contribution is -0.162. The Bertz CT molecular complexity index is 1740. The number of rotatable bonds is 11. The fraction of sp³-hybridized carbons (Fsp3) is 0.581. The molecule has 4 N–H and O–H groups in total. The average molecular weight is 671 g/mol. The second-order valence-corrected chi connectivity index (χ2v) is 12.3. The molecule has 1 aliphatic carbocycles. The fourth-order valence-electron chi connectivity index (χ4n) is 5.87. The number of aromatic nitrogens is 3. The molecule has 1 amide bonds. The number of nitrogens with zero attached hydrogens (tertiary/aromatic N) is 4. The quantitative estimate of drug-likeness (QED) is 0.196. The van der Waals surface area contributed by atoms with Crippen LogP contribution in [0.5, 0.6) is 0 Å². The van der Waals surface area contributed by atoms with Crippen LogP contribution >= 0.6 is 0 Å². The number of nitriles is 1. The third kappa shape index (κ3) is 7.20. The molecule has 17 heteroatoms. The van der Waals surface area contributed by atoms with Crippen molar-refractivity contribution in [2.24, 2.45) is 17.6 Å². The van der Waals surface area contributed by atoms with Crippen LogP contribution in [0.2, 0.25) is 0 Å². The van der Waals surface area contributed by atoms with Crippen LogP contribution in [-0.4, -0.2) is 68.7 Å². The number of esters is 2. The largest absolute Gasteiger partial charge is 0.519 e. The van der Waals surface area contributed by atoms with Gasteiger partial charge >= 0.3 is 23.9 Å². The third-order valence-corrected chi connectivity index (χ3v) is 8.65. The van der Waals surface area contributed by atoms with E-state index in [4.69, 9.17) is 33.5 Å². The van der Waals surface area contributed by atoms with Crippen molar-refractivity contribution in [3.05, 3.63) is 46.3 Å². The molecule has 3 aromatic heterocycles. The topological polar surface area (TPSA) is 244 Å². The van der Waals surface area contributed by atoms with Crippen LogP contribution in [0.3, 0.4) is 0 Å². The van der Waals surface area contributed by atoms with E-state index < -0.39 is 67.0 Å². The van der Waals surface area contributed by atoms with Crippen LogP contribution in [0.1, 0.15) is 69.6 Å². The molecule has 258 valence electrons. The van der Waals surface area contributed by atoms with Gasteiger partial charge in [-0.05, 0) is 43.7 Å². The number of aryl methyl sites for hydroxylation is 1. The van der Waals surface area contributed by atoms with Gasteiger partial charge in [0.2, 0.25) is 5.60 Å². The molecular formula is C31H38N6O11. The Kier molecular flexibility index (Phi) is 10.5. The summed E-state index contributed by atoms with van der Waals surface area (Å²) in [5.41, 5.74) is 4.01. The first-order chi connectivity index (χ1) is 22.9. The molecule has 0 bridgehead atoms. The highest BCUT2D eigenvalue weighted by Gasteiger charge is 2.60. The molecule has 17 nitrogen and oxygen atoms in total. The summed E-state index contributed by atoms with van der Waals surface area (Å²) in [6.45, 7) is 4.11. The summed E-state index contributed by atoms with van der Waals surface area (Å²) in [7, 11) is 0. The molecule has 48 heavy (non-hydrogen) atoms. The molecule has 5 rings (SSSR count). The highest BCUT2D eigenvalue weighted by molar-refractivity contribution is 5.88. The number of hydrogen-bond acceptors (Lipinski definition) is 15. The Morgan fingerprint density at radius 2 is 1.96 bits per heavy atom. The Balaban J connectivity index is 1.38. The van der Waals surface area contributed by atoms with Gasteiger partial charge in [-0.3, -0.25) is 14.9 Å². The van der Waals surface area contributed by atoms with Crippen molar-refractivity contribution >= 4 is 29.4 Å². The average Bonchev–Trinajstić information content (AvgIpc) is 3.72. The summed E-state index contributed by atoms with van der Waals surface area (Å²) in [5, 5.41) is 28.8. The van der Waals surface area contributed by atoms with Crippen molar-refractivity contribution in [3.8, 4) is 6.07 Å². The number of aliphatic hydroxyl groups is 1. The Hall–Kier alpha value is -4.79. The summed E-state index contributed by atoms with van der Waals surface area (Å²) < 4.78 is 33.2. The first kappa shape index (κ1) is 34.5. The Labute approximate surface area is 274 Å². The first-order valence-corrected chi connectivity index (χ1v) is 15.7. The minimum absolute atomic E-state index is 0.00681. The minimum atomic E-state index is -2.18. The van der Waals surface area contributed by atoms with Gasteiger partial charge in [-0.25, -0.2) is 19.1 Å². The molecule has 1 saturated heterocycles. The molecule has 1 saturated carbocycles.